The van der Waals surface area contributed by atoms with Crippen LogP contribution in [0.1, 0.15) is 12.8 Å². The van der Waals surface area contributed by atoms with Gasteiger partial charge in [0.1, 0.15) is 0 Å². The molecule has 2 unspecified atom stereocenters. The van der Waals surface area contributed by atoms with E-state index in [-0.39, 0.29) is 30.9 Å². The fraction of sp³-hybridized carbons (Fsp3) is 0.846. The number of hydrogen-bond acceptors (Lipinski definition) is 5. The first-order valence-corrected chi connectivity index (χ1v) is 6.86. The second-order valence-corrected chi connectivity index (χ2v) is 5.39. The van der Waals surface area contributed by atoms with Gasteiger partial charge in [0.15, 0.2) is 0 Å². The average molecular weight is 287 g/mol. The lowest BCUT2D eigenvalue weighted by molar-refractivity contribution is -0.136. The normalized spacial score (nSPS) is 21.0. The molecule has 0 saturated carbocycles. The number of ether oxygens (including phenoxy) is 1. The molecular formula is C13H25N3O4. The molecule has 1 heterocycles. The number of carbonyl (C=O) groups excluding carboxylic acids is 2. The smallest absolute Gasteiger partial charge is 0.236 e. The highest BCUT2D eigenvalue weighted by atomic mass is 16.5. The Morgan fingerprint density at radius 3 is 2.85 bits per heavy atom. The van der Waals surface area contributed by atoms with E-state index in [0.717, 1.165) is 12.8 Å². The van der Waals surface area contributed by atoms with Crippen molar-refractivity contribution in [2.45, 2.75) is 18.9 Å². The van der Waals surface area contributed by atoms with E-state index in [1.54, 1.807) is 16.8 Å². The Morgan fingerprint density at radius 2 is 2.25 bits per heavy atom. The largest absolute Gasteiger partial charge is 0.389 e. The zero-order valence-corrected chi connectivity index (χ0v) is 12.2. The topological polar surface area (TPSA) is 96.1 Å². The van der Waals surface area contributed by atoms with Crippen molar-refractivity contribution in [1.29, 1.82) is 0 Å². The van der Waals surface area contributed by atoms with Crippen molar-refractivity contribution in [3.8, 4) is 0 Å². The quantitative estimate of drug-likeness (QED) is 0.603. The lowest BCUT2D eigenvalue weighted by Crippen LogP contribution is -2.48. The molecule has 2 amide bonds. The molecule has 0 spiro atoms. The van der Waals surface area contributed by atoms with Gasteiger partial charge in [0, 0.05) is 26.7 Å². The van der Waals surface area contributed by atoms with Crippen LogP contribution in [-0.4, -0.2) is 79.8 Å². The molecule has 0 bridgehead atoms. The van der Waals surface area contributed by atoms with Gasteiger partial charge < -0.3 is 20.5 Å². The number of rotatable bonds is 7. The monoisotopic (exact) mass is 287 g/mol. The Labute approximate surface area is 119 Å². The highest BCUT2D eigenvalue weighted by molar-refractivity contribution is 5.81. The van der Waals surface area contributed by atoms with E-state index in [1.807, 2.05) is 0 Å². The summed E-state index contributed by atoms with van der Waals surface area (Å²) >= 11 is 0. The molecule has 7 nitrogen and oxygen atoms in total. The van der Waals surface area contributed by atoms with Gasteiger partial charge in [-0.1, -0.05) is 0 Å². The van der Waals surface area contributed by atoms with Gasteiger partial charge in [-0.05, 0) is 19.9 Å². The van der Waals surface area contributed by atoms with Crippen LogP contribution in [0.25, 0.3) is 0 Å². The molecule has 0 aliphatic carbocycles. The highest BCUT2D eigenvalue weighted by Gasteiger charge is 2.27. The summed E-state index contributed by atoms with van der Waals surface area (Å²) in [5.74, 6) is -0.619. The minimum absolute atomic E-state index is 0.0388. The minimum atomic E-state index is -0.613. The van der Waals surface area contributed by atoms with E-state index in [9.17, 15) is 14.7 Å². The molecule has 1 saturated heterocycles. The molecule has 7 heteroatoms. The van der Waals surface area contributed by atoms with Gasteiger partial charge in [0.25, 0.3) is 0 Å². The van der Waals surface area contributed by atoms with Crippen molar-refractivity contribution in [2.75, 3.05) is 46.9 Å². The third kappa shape index (κ3) is 5.44. The number of nitrogens with zero attached hydrogens (tertiary/aromatic N) is 2. The Morgan fingerprint density at radius 1 is 1.55 bits per heavy atom. The third-order valence-electron chi connectivity index (χ3n) is 3.46. The summed E-state index contributed by atoms with van der Waals surface area (Å²) in [5.41, 5.74) is 5.30. The molecule has 1 fully saturated rings. The van der Waals surface area contributed by atoms with Crippen LogP contribution in [0.2, 0.25) is 0 Å². The van der Waals surface area contributed by atoms with Crippen LogP contribution in [0.3, 0.4) is 0 Å². The van der Waals surface area contributed by atoms with Gasteiger partial charge in [0.2, 0.25) is 11.8 Å². The van der Waals surface area contributed by atoms with Crippen LogP contribution >= 0.6 is 0 Å². The average Bonchev–Trinajstić information content (AvgIpc) is 2.38. The summed E-state index contributed by atoms with van der Waals surface area (Å²) < 4.78 is 4.84. The van der Waals surface area contributed by atoms with E-state index in [0.29, 0.717) is 19.6 Å². The lowest BCUT2D eigenvalue weighted by Gasteiger charge is -2.32. The van der Waals surface area contributed by atoms with Gasteiger partial charge in [-0.3, -0.25) is 14.5 Å². The molecule has 2 atom stereocenters. The standard InChI is InChI=1S/C13H25N3O4/c1-15(7-11(17)9-20-2)8-12(18)16-5-3-4-10(6-16)13(14)19/h10-11,17H,3-9H2,1-2H3,(H2,14,19). The fourth-order valence-corrected chi connectivity index (χ4v) is 2.44. The van der Waals surface area contributed by atoms with Crippen LogP contribution in [-0.2, 0) is 14.3 Å². The molecule has 0 radical (unpaired) electrons. The molecule has 1 aliphatic heterocycles. The fourth-order valence-electron chi connectivity index (χ4n) is 2.44. The molecule has 0 aromatic rings. The van der Waals surface area contributed by atoms with E-state index in [2.05, 4.69) is 0 Å². The van der Waals surface area contributed by atoms with Crippen molar-refractivity contribution in [2.24, 2.45) is 11.7 Å². The van der Waals surface area contributed by atoms with E-state index >= 15 is 0 Å². The summed E-state index contributed by atoms with van der Waals surface area (Å²) in [6.45, 7) is 1.89. The Kier molecular flexibility index (Phi) is 6.90. The Balaban J connectivity index is 2.39. The number of piperidine rings is 1. The summed E-state index contributed by atoms with van der Waals surface area (Å²) in [6.07, 6.45) is 0.939. The number of likely N-dealkylation sites (N-methyl/N-ethyl adjacent to an activating group) is 1. The summed E-state index contributed by atoms with van der Waals surface area (Å²) in [4.78, 5) is 26.8. The predicted molar refractivity (Wildman–Crippen MR) is 73.9 cm³/mol. The van der Waals surface area contributed by atoms with Crippen LogP contribution in [0.5, 0.6) is 0 Å². The van der Waals surface area contributed by atoms with Gasteiger partial charge >= 0.3 is 0 Å². The van der Waals surface area contributed by atoms with Crippen molar-refractivity contribution >= 4 is 11.8 Å². The molecule has 116 valence electrons. The van der Waals surface area contributed by atoms with Crippen molar-refractivity contribution in [3.63, 3.8) is 0 Å². The first-order chi connectivity index (χ1) is 9.43. The van der Waals surface area contributed by atoms with E-state index in [1.165, 1.54) is 7.11 Å². The number of likely N-dealkylation sites (tertiary alicyclic amines) is 1. The number of primary amides is 1. The summed E-state index contributed by atoms with van der Waals surface area (Å²) in [7, 11) is 3.29. The lowest BCUT2D eigenvalue weighted by atomic mass is 9.97. The molecule has 0 aromatic carbocycles. The zero-order chi connectivity index (χ0) is 15.1. The predicted octanol–water partition coefficient (Wildman–Crippen LogP) is -1.35. The van der Waals surface area contributed by atoms with Gasteiger partial charge in [-0.2, -0.15) is 0 Å². The maximum Gasteiger partial charge on any atom is 0.236 e. The number of nitrogens with two attached hydrogens (primary N) is 1. The van der Waals surface area contributed by atoms with E-state index in [4.69, 9.17) is 10.5 Å². The maximum atomic E-state index is 12.1. The number of hydrogen-bond donors (Lipinski definition) is 2. The SMILES string of the molecule is COCC(O)CN(C)CC(=O)N1CCCC(C(N)=O)C1. The molecule has 20 heavy (non-hydrogen) atoms. The van der Waals surface area contributed by atoms with Gasteiger partial charge in [-0.15, -0.1) is 0 Å². The number of aliphatic hydroxyl groups excluding tert-OH is 1. The Hall–Kier alpha value is -1.18. The third-order valence-corrected chi connectivity index (χ3v) is 3.46. The minimum Gasteiger partial charge on any atom is -0.389 e. The van der Waals surface area contributed by atoms with Crippen molar-refractivity contribution in [1.82, 2.24) is 9.80 Å². The second-order valence-electron chi connectivity index (χ2n) is 5.39. The zero-order valence-electron chi connectivity index (χ0n) is 12.2. The number of carbonyl (C=O) groups is 2. The number of methoxy groups -OCH3 is 1. The van der Waals surface area contributed by atoms with Crippen LogP contribution in [0.15, 0.2) is 0 Å². The second kappa shape index (κ2) is 8.18. The van der Waals surface area contributed by atoms with Crippen LogP contribution < -0.4 is 5.73 Å². The molecular weight excluding hydrogens is 262 g/mol. The van der Waals surface area contributed by atoms with Crippen molar-refractivity contribution < 1.29 is 19.4 Å². The molecule has 1 rings (SSSR count). The van der Waals surface area contributed by atoms with Gasteiger partial charge in [0.05, 0.1) is 25.2 Å². The Bertz CT molecular complexity index is 338. The molecule has 0 aromatic heterocycles. The molecule has 3 N–H and O–H groups in total. The van der Waals surface area contributed by atoms with Crippen LogP contribution in [0.4, 0.5) is 0 Å². The molecule has 1 aliphatic rings. The summed E-state index contributed by atoms with van der Waals surface area (Å²) in [5, 5.41) is 9.60. The van der Waals surface area contributed by atoms with Crippen LogP contribution in [0, 0.1) is 5.92 Å². The highest BCUT2D eigenvalue weighted by Crippen LogP contribution is 2.16. The first-order valence-electron chi connectivity index (χ1n) is 6.86. The van der Waals surface area contributed by atoms with Gasteiger partial charge in [-0.25, -0.2) is 0 Å². The number of amides is 2. The van der Waals surface area contributed by atoms with Crippen molar-refractivity contribution in [3.05, 3.63) is 0 Å². The maximum absolute atomic E-state index is 12.1. The summed E-state index contributed by atoms with van der Waals surface area (Å²) in [6, 6.07) is 0. The first kappa shape index (κ1) is 16.9. The van der Waals surface area contributed by atoms with E-state index < -0.39 is 6.10 Å². The number of aliphatic hydroxyl groups is 1.